The van der Waals surface area contributed by atoms with Gasteiger partial charge in [0.05, 0.1) is 34.4 Å². The maximum absolute atomic E-state index is 12.6. The van der Waals surface area contributed by atoms with Crippen LogP contribution in [0.3, 0.4) is 0 Å². The Balaban J connectivity index is 2.14. The quantitative estimate of drug-likeness (QED) is 0.783. The first-order valence-corrected chi connectivity index (χ1v) is 8.78. The number of ether oxygens (including phenoxy) is 1. The molecule has 1 aromatic heterocycles. The molecule has 1 unspecified atom stereocenters. The Morgan fingerprint density at radius 1 is 1.33 bits per heavy atom. The molecule has 0 bridgehead atoms. The van der Waals surface area contributed by atoms with Crippen molar-refractivity contribution in [3.63, 3.8) is 0 Å². The molecule has 128 valence electrons. The Hall–Kier alpha value is -2.34. The van der Waals surface area contributed by atoms with E-state index in [0.29, 0.717) is 5.03 Å². The summed E-state index contributed by atoms with van der Waals surface area (Å²) in [5.74, 6) is 1.21. The van der Waals surface area contributed by atoms with Gasteiger partial charge in [-0.2, -0.15) is 0 Å². The molecule has 0 aliphatic carbocycles. The van der Waals surface area contributed by atoms with Crippen molar-refractivity contribution in [1.29, 1.82) is 0 Å². The van der Waals surface area contributed by atoms with Gasteiger partial charge in [-0.1, -0.05) is 6.58 Å². The van der Waals surface area contributed by atoms with Crippen LogP contribution >= 0.6 is 0 Å². The minimum Gasteiger partial charge on any atom is -0.508 e. The van der Waals surface area contributed by atoms with Gasteiger partial charge in [0.25, 0.3) is 0 Å². The molecule has 0 aliphatic heterocycles. The molecule has 0 spiro atoms. The van der Waals surface area contributed by atoms with Crippen molar-refractivity contribution >= 4 is 16.5 Å². The molecule has 2 rings (SSSR count). The van der Waals surface area contributed by atoms with Gasteiger partial charge in [-0.05, 0) is 44.5 Å². The number of rotatable bonds is 6. The number of aromatic nitrogens is 1. The number of aryl methyl sites for hydroxylation is 2. The number of nitrogens with zero attached hydrogens (tertiary/aromatic N) is 1. The van der Waals surface area contributed by atoms with E-state index in [2.05, 4.69) is 16.9 Å². The highest BCUT2D eigenvalue weighted by atomic mass is 32.2. The highest BCUT2D eigenvalue weighted by Gasteiger charge is 2.14. The van der Waals surface area contributed by atoms with E-state index >= 15 is 0 Å². The van der Waals surface area contributed by atoms with Crippen LogP contribution in [0.2, 0.25) is 0 Å². The largest absolute Gasteiger partial charge is 0.508 e. The fourth-order valence-corrected chi connectivity index (χ4v) is 3.36. The predicted octanol–water partition coefficient (Wildman–Crippen LogP) is 3.55. The molecule has 0 saturated carbocycles. The Kier molecular flexibility index (Phi) is 5.62. The van der Waals surface area contributed by atoms with E-state index in [4.69, 9.17) is 4.74 Å². The lowest BCUT2D eigenvalue weighted by atomic mass is 10.1. The summed E-state index contributed by atoms with van der Waals surface area (Å²) in [5.41, 5.74) is 4.17. The molecular weight excluding hydrogens is 324 g/mol. The Morgan fingerprint density at radius 3 is 2.67 bits per heavy atom. The SMILES string of the molecule is C=C(Nc1ccc(O)cc1C)S(=O)Cc1ncc(C)c(OC)c1C. The second-order valence-electron chi connectivity index (χ2n) is 5.58. The zero-order chi connectivity index (χ0) is 17.9. The lowest BCUT2D eigenvalue weighted by Gasteiger charge is -2.14. The van der Waals surface area contributed by atoms with Crippen molar-refractivity contribution in [3.8, 4) is 11.5 Å². The van der Waals surface area contributed by atoms with Gasteiger partial charge < -0.3 is 15.2 Å². The van der Waals surface area contributed by atoms with E-state index in [0.717, 1.165) is 33.8 Å². The highest BCUT2D eigenvalue weighted by Crippen LogP contribution is 2.26. The van der Waals surface area contributed by atoms with Crippen LogP contribution in [0.5, 0.6) is 11.5 Å². The number of benzene rings is 1. The van der Waals surface area contributed by atoms with Crippen LogP contribution < -0.4 is 10.1 Å². The van der Waals surface area contributed by atoms with Crippen molar-refractivity contribution in [2.75, 3.05) is 12.4 Å². The minimum atomic E-state index is -1.34. The third-order valence-electron chi connectivity index (χ3n) is 3.78. The summed E-state index contributed by atoms with van der Waals surface area (Å²) in [6.07, 6.45) is 1.72. The summed E-state index contributed by atoms with van der Waals surface area (Å²) in [4.78, 5) is 4.37. The normalized spacial score (nSPS) is 11.8. The smallest absolute Gasteiger partial charge is 0.128 e. The first kappa shape index (κ1) is 18.0. The lowest BCUT2D eigenvalue weighted by molar-refractivity contribution is 0.407. The van der Waals surface area contributed by atoms with Crippen molar-refractivity contribution in [2.45, 2.75) is 26.5 Å². The second-order valence-corrected chi connectivity index (χ2v) is 7.06. The number of pyridine rings is 1. The molecule has 6 heteroatoms. The number of hydrogen-bond donors (Lipinski definition) is 2. The summed E-state index contributed by atoms with van der Waals surface area (Å²) in [6, 6.07) is 4.93. The minimum absolute atomic E-state index is 0.191. The molecule has 2 aromatic rings. The van der Waals surface area contributed by atoms with Gasteiger partial charge in [-0.15, -0.1) is 0 Å². The average Bonchev–Trinajstić information content (AvgIpc) is 2.53. The molecule has 24 heavy (non-hydrogen) atoms. The van der Waals surface area contributed by atoms with E-state index in [1.165, 1.54) is 0 Å². The molecule has 1 atom stereocenters. The standard InChI is InChI=1S/C18H22N2O3S/c1-11-8-15(21)6-7-16(11)20-14(4)24(22)10-17-13(3)18(23-5)12(2)9-19-17/h6-9,20-21H,4,10H2,1-3,5H3. The number of phenols is 1. The number of hydrogen-bond acceptors (Lipinski definition) is 5. The van der Waals surface area contributed by atoms with Crippen LogP contribution in [0.4, 0.5) is 5.69 Å². The van der Waals surface area contributed by atoms with E-state index in [9.17, 15) is 9.32 Å². The highest BCUT2D eigenvalue weighted by molar-refractivity contribution is 7.88. The Bertz CT molecular complexity index is 803. The topological polar surface area (TPSA) is 71.5 Å². The fourth-order valence-electron chi connectivity index (χ4n) is 2.42. The van der Waals surface area contributed by atoms with Gasteiger partial charge in [0.2, 0.25) is 0 Å². The molecule has 0 saturated heterocycles. The molecule has 0 radical (unpaired) electrons. The van der Waals surface area contributed by atoms with Crippen molar-refractivity contribution < 1.29 is 14.1 Å². The molecule has 0 amide bonds. The van der Waals surface area contributed by atoms with Gasteiger partial charge in [0.1, 0.15) is 11.5 Å². The first-order chi connectivity index (χ1) is 11.3. The fraction of sp³-hybridized carbons (Fsp3) is 0.278. The summed E-state index contributed by atoms with van der Waals surface area (Å²) in [5, 5.41) is 12.9. The third-order valence-corrected chi connectivity index (χ3v) is 4.96. The summed E-state index contributed by atoms with van der Waals surface area (Å²) in [6.45, 7) is 9.56. The number of nitrogens with one attached hydrogen (secondary N) is 1. The van der Waals surface area contributed by atoms with Gasteiger partial charge in [0.15, 0.2) is 0 Å². The van der Waals surface area contributed by atoms with E-state index < -0.39 is 10.8 Å². The van der Waals surface area contributed by atoms with Crippen molar-refractivity contribution in [3.05, 3.63) is 58.4 Å². The third kappa shape index (κ3) is 3.94. The predicted molar refractivity (Wildman–Crippen MR) is 97.7 cm³/mol. The Labute approximate surface area is 144 Å². The van der Waals surface area contributed by atoms with Crippen LogP contribution in [0, 0.1) is 20.8 Å². The molecule has 1 heterocycles. The van der Waals surface area contributed by atoms with Gasteiger partial charge in [0, 0.05) is 23.0 Å². The van der Waals surface area contributed by atoms with Gasteiger partial charge >= 0.3 is 0 Å². The molecule has 5 nitrogen and oxygen atoms in total. The lowest BCUT2D eigenvalue weighted by Crippen LogP contribution is -2.10. The van der Waals surface area contributed by atoms with Crippen LogP contribution in [-0.4, -0.2) is 21.4 Å². The molecule has 0 fully saturated rings. The van der Waals surface area contributed by atoms with Gasteiger partial charge in [-0.25, -0.2) is 0 Å². The zero-order valence-electron chi connectivity index (χ0n) is 14.3. The van der Waals surface area contributed by atoms with Crippen molar-refractivity contribution in [2.24, 2.45) is 0 Å². The molecule has 1 aromatic carbocycles. The molecule has 0 aliphatic rings. The van der Waals surface area contributed by atoms with Crippen LogP contribution in [0.15, 0.2) is 36.0 Å². The summed E-state index contributed by atoms with van der Waals surface area (Å²) < 4.78 is 17.9. The summed E-state index contributed by atoms with van der Waals surface area (Å²) >= 11 is 0. The monoisotopic (exact) mass is 346 g/mol. The Morgan fingerprint density at radius 2 is 2.04 bits per heavy atom. The van der Waals surface area contributed by atoms with Crippen molar-refractivity contribution in [1.82, 2.24) is 4.98 Å². The van der Waals surface area contributed by atoms with E-state index in [-0.39, 0.29) is 11.5 Å². The molecule has 2 N–H and O–H groups in total. The average molecular weight is 346 g/mol. The van der Waals surface area contributed by atoms with E-state index in [1.807, 2.05) is 20.8 Å². The van der Waals surface area contributed by atoms with Crippen LogP contribution in [0.25, 0.3) is 0 Å². The maximum atomic E-state index is 12.6. The number of phenolic OH excluding ortho intramolecular Hbond substituents is 1. The first-order valence-electron chi connectivity index (χ1n) is 7.46. The van der Waals surface area contributed by atoms with Crippen LogP contribution in [-0.2, 0) is 16.6 Å². The summed E-state index contributed by atoms with van der Waals surface area (Å²) in [7, 11) is 0.272. The second kappa shape index (κ2) is 7.49. The van der Waals surface area contributed by atoms with E-state index in [1.54, 1.807) is 31.5 Å². The van der Waals surface area contributed by atoms with Crippen LogP contribution in [0.1, 0.15) is 22.4 Å². The maximum Gasteiger partial charge on any atom is 0.128 e. The molecular formula is C18H22N2O3S. The number of methoxy groups -OCH3 is 1. The number of anilines is 1. The number of aromatic hydroxyl groups is 1. The van der Waals surface area contributed by atoms with Gasteiger partial charge in [-0.3, -0.25) is 9.19 Å². The zero-order valence-corrected chi connectivity index (χ0v) is 15.2.